The van der Waals surface area contributed by atoms with Crippen molar-refractivity contribution in [1.82, 2.24) is 9.55 Å². The maximum Gasteiger partial charge on any atom is 0.154 e. The minimum Gasteiger partial charge on any atom is -0.334 e. The Labute approximate surface area is 78.5 Å². The van der Waals surface area contributed by atoms with Crippen LogP contribution in [0.25, 0.3) is 0 Å². The van der Waals surface area contributed by atoms with Crippen LogP contribution in [0, 0.1) is 6.92 Å². The molecule has 74 valence electrons. The van der Waals surface area contributed by atoms with Gasteiger partial charge in [-0.1, -0.05) is 0 Å². The van der Waals surface area contributed by atoms with Gasteiger partial charge in [0.15, 0.2) is 9.84 Å². The molecule has 0 saturated carbocycles. The quantitative estimate of drug-likeness (QED) is 0.727. The monoisotopic (exact) mass is 202 g/mol. The maximum absolute atomic E-state index is 11.0. The van der Waals surface area contributed by atoms with Gasteiger partial charge in [-0.3, -0.25) is 0 Å². The van der Waals surface area contributed by atoms with Crippen LogP contribution in [0.2, 0.25) is 0 Å². The Kier molecular flexibility index (Phi) is 2.75. The van der Waals surface area contributed by atoms with E-state index in [0.717, 1.165) is 12.2 Å². The predicted molar refractivity (Wildman–Crippen MR) is 51.2 cm³/mol. The van der Waals surface area contributed by atoms with Gasteiger partial charge in [0.05, 0.1) is 5.69 Å². The van der Waals surface area contributed by atoms with Crippen molar-refractivity contribution in [2.75, 3.05) is 6.26 Å². The van der Waals surface area contributed by atoms with Gasteiger partial charge in [-0.05, 0) is 13.8 Å². The van der Waals surface area contributed by atoms with Crippen molar-refractivity contribution in [1.29, 1.82) is 0 Å². The first-order chi connectivity index (χ1) is 5.92. The Bertz CT molecular complexity index is 392. The third kappa shape index (κ3) is 2.84. The first kappa shape index (κ1) is 10.2. The van der Waals surface area contributed by atoms with E-state index in [1.54, 1.807) is 0 Å². The first-order valence-corrected chi connectivity index (χ1v) is 6.19. The molecule has 0 N–H and O–H groups in total. The first-order valence-electron chi connectivity index (χ1n) is 4.12. The Morgan fingerprint density at radius 1 is 1.54 bits per heavy atom. The molecule has 0 aliphatic rings. The molecular weight excluding hydrogens is 188 g/mol. The molecule has 0 atom stereocenters. The number of hydrogen-bond acceptors (Lipinski definition) is 3. The normalized spacial score (nSPS) is 11.9. The molecule has 0 radical (unpaired) electrons. The summed E-state index contributed by atoms with van der Waals surface area (Å²) in [7, 11) is -2.98. The molecule has 0 unspecified atom stereocenters. The molecule has 0 aliphatic carbocycles. The van der Waals surface area contributed by atoms with E-state index in [1.807, 2.05) is 24.6 Å². The fourth-order valence-corrected chi connectivity index (χ4v) is 1.92. The predicted octanol–water partition coefficient (Wildman–Crippen LogP) is 0.756. The third-order valence-electron chi connectivity index (χ3n) is 1.71. The fourth-order valence-electron chi connectivity index (χ4n) is 1.22. The number of aromatic nitrogens is 2. The van der Waals surface area contributed by atoms with Crippen molar-refractivity contribution in [3.05, 3.63) is 17.7 Å². The van der Waals surface area contributed by atoms with Gasteiger partial charge in [0.1, 0.15) is 11.6 Å². The largest absolute Gasteiger partial charge is 0.334 e. The van der Waals surface area contributed by atoms with Gasteiger partial charge in [-0.2, -0.15) is 0 Å². The van der Waals surface area contributed by atoms with Gasteiger partial charge in [0.2, 0.25) is 0 Å². The maximum atomic E-state index is 11.0. The van der Waals surface area contributed by atoms with Crippen molar-refractivity contribution in [3.8, 4) is 0 Å². The van der Waals surface area contributed by atoms with E-state index in [2.05, 4.69) is 4.98 Å². The molecule has 0 bridgehead atoms. The van der Waals surface area contributed by atoms with Crippen molar-refractivity contribution >= 4 is 9.84 Å². The van der Waals surface area contributed by atoms with E-state index in [9.17, 15) is 8.42 Å². The molecule has 1 aromatic heterocycles. The molecule has 0 spiro atoms. The standard InChI is InChI=1S/C8H14N2O2S/c1-4-10-5-7(2)9-8(10)6-13(3,11)12/h5H,4,6H2,1-3H3. The van der Waals surface area contributed by atoms with Gasteiger partial charge in [-0.25, -0.2) is 13.4 Å². The molecule has 0 saturated heterocycles. The summed E-state index contributed by atoms with van der Waals surface area (Å²) in [5, 5.41) is 0. The van der Waals surface area contributed by atoms with Crippen LogP contribution < -0.4 is 0 Å². The van der Waals surface area contributed by atoms with Crippen LogP contribution in [0.3, 0.4) is 0 Å². The third-order valence-corrected chi connectivity index (χ3v) is 2.49. The van der Waals surface area contributed by atoms with Crippen LogP contribution in [0.1, 0.15) is 18.4 Å². The Balaban J connectivity index is 3.00. The average Bonchev–Trinajstić information content (AvgIpc) is 2.27. The zero-order valence-corrected chi connectivity index (χ0v) is 8.93. The summed E-state index contributed by atoms with van der Waals surface area (Å²) in [5.74, 6) is 0.650. The molecule has 4 nitrogen and oxygen atoms in total. The molecular formula is C8H14N2O2S. The van der Waals surface area contributed by atoms with E-state index in [-0.39, 0.29) is 5.75 Å². The number of hydrogen-bond donors (Lipinski definition) is 0. The molecule has 1 rings (SSSR count). The zero-order valence-electron chi connectivity index (χ0n) is 8.11. The van der Waals surface area contributed by atoms with Crippen LogP contribution in [0.5, 0.6) is 0 Å². The zero-order chi connectivity index (χ0) is 10.1. The highest BCUT2D eigenvalue weighted by Gasteiger charge is 2.10. The Morgan fingerprint density at radius 2 is 2.15 bits per heavy atom. The van der Waals surface area contributed by atoms with E-state index in [4.69, 9.17) is 0 Å². The van der Waals surface area contributed by atoms with Gasteiger partial charge in [0.25, 0.3) is 0 Å². The second kappa shape index (κ2) is 3.49. The summed E-state index contributed by atoms with van der Waals surface area (Å²) in [4.78, 5) is 4.15. The highest BCUT2D eigenvalue weighted by atomic mass is 32.2. The summed E-state index contributed by atoms with van der Waals surface area (Å²) >= 11 is 0. The van der Waals surface area contributed by atoms with E-state index in [0.29, 0.717) is 5.82 Å². The summed E-state index contributed by atoms with van der Waals surface area (Å²) in [6.07, 6.45) is 3.08. The topological polar surface area (TPSA) is 52.0 Å². The average molecular weight is 202 g/mol. The summed E-state index contributed by atoms with van der Waals surface area (Å²) in [6, 6.07) is 0. The fraction of sp³-hybridized carbons (Fsp3) is 0.625. The minimum atomic E-state index is -2.98. The lowest BCUT2D eigenvalue weighted by atomic mass is 10.6. The number of sulfone groups is 1. The molecule has 5 heteroatoms. The van der Waals surface area contributed by atoms with E-state index in [1.165, 1.54) is 6.26 Å². The van der Waals surface area contributed by atoms with Gasteiger partial charge >= 0.3 is 0 Å². The van der Waals surface area contributed by atoms with Crippen LogP contribution in [0.4, 0.5) is 0 Å². The second-order valence-electron chi connectivity index (χ2n) is 3.15. The summed E-state index contributed by atoms with van der Waals surface area (Å²) in [5.41, 5.74) is 0.862. The summed E-state index contributed by atoms with van der Waals surface area (Å²) in [6.45, 7) is 4.58. The van der Waals surface area contributed by atoms with Crippen LogP contribution in [-0.2, 0) is 22.1 Å². The summed E-state index contributed by atoms with van der Waals surface area (Å²) < 4.78 is 23.9. The Hall–Kier alpha value is -0.840. The smallest absolute Gasteiger partial charge is 0.154 e. The molecule has 0 fully saturated rings. The highest BCUT2D eigenvalue weighted by Crippen LogP contribution is 2.06. The van der Waals surface area contributed by atoms with Crippen molar-refractivity contribution < 1.29 is 8.42 Å². The number of rotatable bonds is 3. The van der Waals surface area contributed by atoms with Crippen molar-refractivity contribution in [2.24, 2.45) is 0 Å². The van der Waals surface area contributed by atoms with Crippen molar-refractivity contribution in [2.45, 2.75) is 26.1 Å². The Morgan fingerprint density at radius 3 is 2.62 bits per heavy atom. The van der Waals surface area contributed by atoms with Crippen LogP contribution in [0.15, 0.2) is 6.20 Å². The van der Waals surface area contributed by atoms with Gasteiger partial charge < -0.3 is 4.57 Å². The molecule has 0 aromatic carbocycles. The number of aryl methyl sites for hydroxylation is 2. The lowest BCUT2D eigenvalue weighted by molar-refractivity contribution is 0.596. The SMILES string of the molecule is CCn1cc(C)nc1CS(C)(=O)=O. The number of nitrogens with zero attached hydrogens (tertiary/aromatic N) is 2. The number of imidazole rings is 1. The van der Waals surface area contributed by atoms with Crippen molar-refractivity contribution in [3.63, 3.8) is 0 Å². The lowest BCUT2D eigenvalue weighted by Crippen LogP contribution is -2.07. The molecule has 1 aromatic rings. The van der Waals surface area contributed by atoms with Crippen LogP contribution in [-0.4, -0.2) is 24.2 Å². The van der Waals surface area contributed by atoms with Gasteiger partial charge in [-0.15, -0.1) is 0 Å². The molecule has 0 amide bonds. The second-order valence-corrected chi connectivity index (χ2v) is 5.29. The molecule has 1 heterocycles. The van der Waals surface area contributed by atoms with Crippen LogP contribution >= 0.6 is 0 Å². The lowest BCUT2D eigenvalue weighted by Gasteiger charge is -2.01. The highest BCUT2D eigenvalue weighted by molar-refractivity contribution is 7.89. The van der Waals surface area contributed by atoms with Gasteiger partial charge in [0, 0.05) is 19.0 Å². The van der Waals surface area contributed by atoms with E-state index < -0.39 is 9.84 Å². The van der Waals surface area contributed by atoms with E-state index >= 15 is 0 Å². The molecule has 0 aliphatic heterocycles. The minimum absolute atomic E-state index is 0.0225. The molecule has 13 heavy (non-hydrogen) atoms.